The fourth-order valence-electron chi connectivity index (χ4n) is 3.32. The molecular formula is C18H18FNO4S2. The van der Waals surface area contributed by atoms with E-state index in [1.165, 1.54) is 29.4 Å². The fraction of sp³-hybridized carbons (Fsp3) is 0.333. The maximum atomic E-state index is 14.3. The molecule has 8 heteroatoms. The number of amides is 1. The van der Waals surface area contributed by atoms with Crippen molar-refractivity contribution in [2.45, 2.75) is 30.0 Å². The maximum Gasteiger partial charge on any atom is 0.307 e. The number of halogens is 1. The topological polar surface area (TPSA) is 66.8 Å². The average molecular weight is 395 g/mol. The number of carboxylic acids is 1. The van der Waals surface area contributed by atoms with Crippen molar-refractivity contribution in [3.63, 3.8) is 0 Å². The molecule has 1 aliphatic carbocycles. The number of thioether (sulfide) groups is 1. The number of hydrogen-bond donors (Lipinski definition) is 1. The van der Waals surface area contributed by atoms with Crippen LogP contribution in [0.25, 0.3) is 0 Å². The van der Waals surface area contributed by atoms with Crippen LogP contribution >= 0.6 is 23.1 Å². The van der Waals surface area contributed by atoms with Gasteiger partial charge in [-0.05, 0) is 36.5 Å². The zero-order chi connectivity index (χ0) is 19.0. The molecule has 0 radical (unpaired) electrons. The van der Waals surface area contributed by atoms with Gasteiger partial charge in [0, 0.05) is 17.5 Å². The van der Waals surface area contributed by atoms with Crippen molar-refractivity contribution in [1.82, 2.24) is 4.90 Å². The number of aliphatic carboxylic acids is 1. The number of rotatable bonds is 5. The molecule has 1 unspecified atom stereocenters. The van der Waals surface area contributed by atoms with Gasteiger partial charge < -0.3 is 14.7 Å². The Morgan fingerprint density at radius 2 is 2.23 bits per heavy atom. The van der Waals surface area contributed by atoms with Crippen molar-refractivity contribution >= 4 is 35.0 Å². The third-order valence-electron chi connectivity index (χ3n) is 4.53. The lowest BCUT2D eigenvalue weighted by Gasteiger charge is -2.29. The van der Waals surface area contributed by atoms with Crippen LogP contribution in [0.4, 0.5) is 4.39 Å². The molecule has 0 fully saturated rings. The van der Waals surface area contributed by atoms with Gasteiger partial charge >= 0.3 is 5.97 Å². The molecule has 1 aromatic rings. The lowest BCUT2D eigenvalue weighted by molar-refractivity contribution is -0.136. The van der Waals surface area contributed by atoms with Gasteiger partial charge in [0.15, 0.2) is 5.76 Å². The number of ether oxygens (including phenoxy) is 1. The molecule has 0 aromatic carbocycles. The zero-order valence-electron chi connectivity index (χ0n) is 14.5. The van der Waals surface area contributed by atoms with Gasteiger partial charge in [-0.15, -0.1) is 23.1 Å². The van der Waals surface area contributed by atoms with Crippen LogP contribution in [0.15, 0.2) is 50.2 Å². The average Bonchev–Trinajstić information content (AvgIpc) is 3.17. The zero-order valence-corrected chi connectivity index (χ0v) is 16.2. The molecule has 5 nitrogen and oxygen atoms in total. The Labute approximate surface area is 158 Å². The van der Waals surface area contributed by atoms with Gasteiger partial charge in [0.2, 0.25) is 0 Å². The van der Waals surface area contributed by atoms with Crippen LogP contribution in [0.2, 0.25) is 0 Å². The summed E-state index contributed by atoms with van der Waals surface area (Å²) in [6, 6.07) is 1.26. The summed E-state index contributed by atoms with van der Waals surface area (Å²) in [7, 11) is 1.37. The number of nitrogens with zero attached hydrogens (tertiary/aromatic N) is 1. The van der Waals surface area contributed by atoms with Gasteiger partial charge in [0.25, 0.3) is 5.91 Å². The number of allylic oxidation sites excluding steroid dienone is 2. The SMILES string of the molecule is COC1=C(F)CC2C(=C1)C(CC(=O)O)=C(C)N2C(=O)c1csc(SC)c1. The molecule has 1 aromatic heterocycles. The summed E-state index contributed by atoms with van der Waals surface area (Å²) in [4.78, 5) is 25.9. The van der Waals surface area contributed by atoms with Crippen LogP contribution < -0.4 is 0 Å². The van der Waals surface area contributed by atoms with E-state index in [1.54, 1.807) is 30.1 Å². The van der Waals surface area contributed by atoms with Gasteiger partial charge in [-0.3, -0.25) is 9.59 Å². The van der Waals surface area contributed by atoms with Crippen LogP contribution in [-0.2, 0) is 9.53 Å². The highest BCUT2D eigenvalue weighted by molar-refractivity contribution is 8.00. The lowest BCUT2D eigenvalue weighted by atomic mass is 9.92. The van der Waals surface area contributed by atoms with Gasteiger partial charge in [0.05, 0.1) is 29.3 Å². The van der Waals surface area contributed by atoms with Crippen LogP contribution in [0.3, 0.4) is 0 Å². The molecule has 0 saturated heterocycles. The van der Waals surface area contributed by atoms with Crippen LogP contribution in [-0.4, -0.2) is 41.3 Å². The summed E-state index contributed by atoms with van der Waals surface area (Å²) in [5.41, 5.74) is 2.25. The van der Waals surface area contributed by atoms with Crippen molar-refractivity contribution in [2.75, 3.05) is 13.4 Å². The van der Waals surface area contributed by atoms with Crippen LogP contribution in [0.5, 0.6) is 0 Å². The Hall–Kier alpha value is -2.06. The molecule has 3 rings (SSSR count). The van der Waals surface area contributed by atoms with E-state index in [-0.39, 0.29) is 24.5 Å². The van der Waals surface area contributed by atoms with E-state index in [9.17, 15) is 19.1 Å². The quantitative estimate of drug-likeness (QED) is 0.757. The number of fused-ring (bicyclic) bond motifs is 1. The predicted octanol–water partition coefficient (Wildman–Crippen LogP) is 4.20. The Kier molecular flexibility index (Phi) is 5.24. The fourth-order valence-corrected chi connectivity index (χ4v) is 4.70. The second kappa shape index (κ2) is 7.28. The second-order valence-corrected chi connectivity index (χ2v) is 7.98. The smallest absolute Gasteiger partial charge is 0.307 e. The first-order valence-electron chi connectivity index (χ1n) is 7.89. The Morgan fingerprint density at radius 3 is 2.81 bits per heavy atom. The summed E-state index contributed by atoms with van der Waals surface area (Å²) in [6.07, 6.45) is 3.19. The van der Waals surface area contributed by atoms with E-state index in [2.05, 4.69) is 0 Å². The molecule has 0 bridgehead atoms. The first-order chi connectivity index (χ1) is 12.4. The summed E-state index contributed by atoms with van der Waals surface area (Å²) < 4.78 is 20.4. The van der Waals surface area contributed by atoms with Crippen LogP contribution in [0, 0.1) is 0 Å². The number of methoxy groups -OCH3 is 1. The van der Waals surface area contributed by atoms with Crippen molar-refractivity contribution < 1.29 is 23.8 Å². The highest BCUT2D eigenvalue weighted by Crippen LogP contribution is 2.43. The van der Waals surface area contributed by atoms with E-state index in [0.717, 1.165) is 4.21 Å². The lowest BCUT2D eigenvalue weighted by Crippen LogP contribution is -2.37. The first-order valence-corrected chi connectivity index (χ1v) is 10.00. The van der Waals surface area contributed by atoms with Gasteiger partial charge in [-0.25, -0.2) is 4.39 Å². The van der Waals surface area contributed by atoms with Crippen molar-refractivity contribution in [3.8, 4) is 0 Å². The third kappa shape index (κ3) is 3.19. The minimum atomic E-state index is -0.998. The molecule has 2 heterocycles. The number of hydrogen-bond acceptors (Lipinski definition) is 5. The minimum Gasteiger partial charge on any atom is -0.494 e. The van der Waals surface area contributed by atoms with Gasteiger partial charge in [-0.1, -0.05) is 0 Å². The number of carbonyl (C=O) groups is 2. The predicted molar refractivity (Wildman–Crippen MR) is 98.9 cm³/mol. The molecule has 138 valence electrons. The molecule has 0 spiro atoms. The Bertz CT molecular complexity index is 868. The van der Waals surface area contributed by atoms with E-state index in [4.69, 9.17) is 4.74 Å². The summed E-state index contributed by atoms with van der Waals surface area (Å²) >= 11 is 3.02. The minimum absolute atomic E-state index is 0.0271. The summed E-state index contributed by atoms with van der Waals surface area (Å²) in [5.74, 6) is -1.61. The first kappa shape index (κ1) is 18.7. The number of carbonyl (C=O) groups excluding carboxylic acids is 1. The largest absolute Gasteiger partial charge is 0.494 e. The van der Waals surface area contributed by atoms with Crippen molar-refractivity contribution in [1.29, 1.82) is 0 Å². The monoisotopic (exact) mass is 395 g/mol. The number of carboxylic acid groups (broad SMARTS) is 1. The van der Waals surface area contributed by atoms with E-state index in [0.29, 0.717) is 22.4 Å². The summed E-state index contributed by atoms with van der Waals surface area (Å²) in [6.45, 7) is 1.71. The van der Waals surface area contributed by atoms with E-state index < -0.39 is 17.8 Å². The van der Waals surface area contributed by atoms with Gasteiger partial charge in [0.1, 0.15) is 5.83 Å². The van der Waals surface area contributed by atoms with Gasteiger partial charge in [-0.2, -0.15) is 0 Å². The van der Waals surface area contributed by atoms with Crippen molar-refractivity contribution in [2.24, 2.45) is 0 Å². The Balaban J connectivity index is 2.04. The Morgan fingerprint density at radius 1 is 1.50 bits per heavy atom. The molecule has 1 aliphatic heterocycles. The number of thiophene rings is 1. The molecule has 0 saturated carbocycles. The molecule has 1 amide bonds. The van der Waals surface area contributed by atoms with E-state index >= 15 is 0 Å². The second-order valence-electron chi connectivity index (χ2n) is 5.96. The summed E-state index contributed by atoms with van der Waals surface area (Å²) in [5, 5.41) is 11.0. The maximum absolute atomic E-state index is 14.3. The normalized spacial score (nSPS) is 19.6. The van der Waals surface area contributed by atoms with E-state index in [1.807, 2.05) is 6.26 Å². The molecule has 2 aliphatic rings. The van der Waals surface area contributed by atoms with Crippen molar-refractivity contribution in [3.05, 3.63) is 51.5 Å². The highest BCUT2D eigenvalue weighted by atomic mass is 32.2. The third-order valence-corrected chi connectivity index (χ3v) is 6.56. The van der Waals surface area contributed by atoms with Crippen LogP contribution in [0.1, 0.15) is 30.1 Å². The molecular weight excluding hydrogens is 377 g/mol. The molecule has 1 N–H and O–H groups in total. The standard InChI is InChI=1S/C18H18FNO4S2/c1-9-11(6-16(21)22)12-5-15(24-2)13(19)7-14(12)20(9)18(23)10-4-17(25-3)26-8-10/h4-5,8,14H,6-7H2,1-3H3,(H,21,22). The highest BCUT2D eigenvalue weighted by Gasteiger charge is 2.42. The molecule has 1 atom stereocenters. The molecule has 26 heavy (non-hydrogen) atoms.